The zero-order valence-corrected chi connectivity index (χ0v) is 66.3. The first kappa shape index (κ1) is 78.1. The van der Waals surface area contributed by atoms with Crippen molar-refractivity contribution < 1.29 is 40.6 Å². The fourth-order valence-corrected chi connectivity index (χ4v) is 20.7. The maximum absolute atomic E-state index is 13.2. The van der Waals surface area contributed by atoms with Crippen LogP contribution in [0.1, 0.15) is 159 Å². The molecule has 3 spiro atoms. The van der Waals surface area contributed by atoms with Gasteiger partial charge in [-0.3, -0.25) is 0 Å². The molecule has 24 nitrogen and oxygen atoms in total. The van der Waals surface area contributed by atoms with E-state index in [1.807, 2.05) is 50.7 Å². The first-order valence-corrected chi connectivity index (χ1v) is 42.3. The summed E-state index contributed by atoms with van der Waals surface area (Å²) < 4.78 is 73.9. The number of benzene rings is 3. The van der Waals surface area contributed by atoms with Crippen LogP contribution >= 0.6 is 68.7 Å². The van der Waals surface area contributed by atoms with Gasteiger partial charge in [0.2, 0.25) is 36.7 Å². The van der Waals surface area contributed by atoms with Gasteiger partial charge >= 0.3 is 6.09 Å². The number of rotatable bonds is 15. The molecule has 4 N–H and O–H groups in total. The maximum Gasteiger partial charge on any atom is 0.410 e. The minimum atomic E-state index is -3.20. The van der Waals surface area contributed by atoms with Crippen molar-refractivity contribution >= 4 is 145 Å². The van der Waals surface area contributed by atoms with E-state index >= 15 is 0 Å². The SMILES string of the molecule is ClCCl.O=S(=O)(Cl)C1CC1.[C-]#[N+]c1ccc(Nc2ncnc(OC3CC4CCC(N4)C34CC4)c2C)c(Cl)c1.[C-]#[N+]c1ccc(Nc2ncnc(OC3CC4CCC(N4C(=O)OC(C)(C)C)C34CC4)c2C)c(Cl)c1.[C-]#[N+]c1ccc(Nc2ncnc(OC3CC4CCC(N4S(=O)(=O)C4CC4)C34CC4)c2C)c(Cl)c1. The summed E-state index contributed by atoms with van der Waals surface area (Å²) in [5.74, 6) is 3.56. The van der Waals surface area contributed by atoms with E-state index in [4.69, 9.17) is 107 Å². The predicted molar refractivity (Wildman–Crippen MR) is 415 cm³/mol. The Bertz CT molecular complexity index is 4730. The third-order valence-electron chi connectivity index (χ3n) is 22.7. The number of hydrogen-bond acceptors (Lipinski definition) is 19. The van der Waals surface area contributed by atoms with Gasteiger partial charge in [0.05, 0.1) is 84.4 Å². The van der Waals surface area contributed by atoms with E-state index in [1.165, 1.54) is 44.7 Å². The van der Waals surface area contributed by atoms with E-state index in [0.717, 1.165) is 107 Å². The van der Waals surface area contributed by atoms with E-state index in [0.29, 0.717) is 103 Å². The van der Waals surface area contributed by atoms with Crippen LogP contribution in [-0.4, -0.2) is 138 Å². The fourth-order valence-electron chi connectivity index (χ4n) is 16.5. The summed E-state index contributed by atoms with van der Waals surface area (Å²) in [6.07, 6.45) is 22.9. The lowest BCUT2D eigenvalue weighted by molar-refractivity contribution is -0.0403. The number of piperidine rings is 3. The first-order chi connectivity index (χ1) is 51.0. The third kappa shape index (κ3) is 16.9. The minimum absolute atomic E-state index is 0.0123. The van der Waals surface area contributed by atoms with Gasteiger partial charge in [-0.1, -0.05) is 53.0 Å². The highest BCUT2D eigenvalue weighted by Gasteiger charge is 2.69. The second-order valence-corrected chi connectivity index (χ2v) is 37.7. The second-order valence-electron chi connectivity index (χ2n) is 30.6. The number of carbonyl (C=O) groups excluding carboxylic acids is 1. The van der Waals surface area contributed by atoms with E-state index in [-0.39, 0.29) is 80.7 Å². The van der Waals surface area contributed by atoms with Crippen LogP contribution in [0.4, 0.5) is 56.4 Å². The van der Waals surface area contributed by atoms with Gasteiger partial charge in [0.1, 0.15) is 60.3 Å². The molecule has 11 fully saturated rings. The molecular formula is C75H85Cl6N15O9S2. The fraction of sp³-hybridized carbons (Fsp3) is 0.547. The molecule has 11 aliphatic rings. The molecule has 5 saturated carbocycles. The van der Waals surface area contributed by atoms with Gasteiger partial charge in [-0.05, 0) is 181 Å². The van der Waals surface area contributed by atoms with E-state index in [1.54, 1.807) is 54.6 Å². The molecule has 17 rings (SSSR count). The Morgan fingerprint density at radius 2 is 0.944 bits per heavy atom. The summed E-state index contributed by atoms with van der Waals surface area (Å²) in [5.41, 5.74) is 5.52. The Morgan fingerprint density at radius 3 is 1.32 bits per heavy atom. The number of ether oxygens (including phenoxy) is 4. The average Bonchev–Trinajstić information content (AvgIpc) is 1.55. The Labute approximate surface area is 654 Å². The number of carbonyl (C=O) groups is 1. The van der Waals surface area contributed by atoms with Crippen molar-refractivity contribution in [2.24, 2.45) is 16.2 Å². The van der Waals surface area contributed by atoms with E-state index in [9.17, 15) is 21.6 Å². The number of sulfonamides is 1. The van der Waals surface area contributed by atoms with Gasteiger partial charge in [0.15, 0.2) is 17.1 Å². The summed E-state index contributed by atoms with van der Waals surface area (Å²) in [6.45, 7) is 32.9. The van der Waals surface area contributed by atoms with Crippen molar-refractivity contribution in [2.75, 3.05) is 21.3 Å². The van der Waals surface area contributed by atoms with Crippen LogP contribution in [-0.2, 0) is 23.8 Å². The highest BCUT2D eigenvalue weighted by atomic mass is 35.7. The molecule has 107 heavy (non-hydrogen) atoms. The van der Waals surface area contributed by atoms with Crippen LogP contribution in [0.3, 0.4) is 0 Å². The molecule has 5 aliphatic carbocycles. The lowest BCUT2D eigenvalue weighted by Gasteiger charge is -2.45. The minimum Gasteiger partial charge on any atom is -0.473 e. The molecular weight excluding hydrogens is 1530 g/mol. The average molecular weight is 1620 g/mol. The van der Waals surface area contributed by atoms with E-state index in [2.05, 4.69) is 65.7 Å². The number of halogens is 6. The van der Waals surface area contributed by atoms with Gasteiger partial charge in [-0.15, -0.1) is 23.2 Å². The number of nitrogens with zero attached hydrogens (tertiary/aromatic N) is 11. The Morgan fingerprint density at radius 1 is 0.551 bits per heavy atom. The molecule has 0 radical (unpaired) electrons. The predicted octanol–water partition coefficient (Wildman–Crippen LogP) is 18.3. The Kier molecular flexibility index (Phi) is 22.9. The molecule has 3 aromatic carbocycles. The smallest absolute Gasteiger partial charge is 0.410 e. The van der Waals surface area contributed by atoms with Crippen molar-refractivity contribution in [1.29, 1.82) is 0 Å². The quantitative estimate of drug-likeness (QED) is 0.0423. The number of hydrogen-bond donors (Lipinski definition) is 4. The van der Waals surface area contributed by atoms with Crippen LogP contribution < -0.4 is 35.5 Å². The molecule has 6 saturated heterocycles. The molecule has 568 valence electrons. The number of fused-ring (bicyclic) bond motifs is 9. The van der Waals surface area contributed by atoms with Crippen LogP contribution in [0.15, 0.2) is 73.6 Å². The highest BCUT2D eigenvalue weighted by molar-refractivity contribution is 8.14. The van der Waals surface area contributed by atoms with Gasteiger partial charge in [0.25, 0.3) is 0 Å². The zero-order valence-electron chi connectivity index (χ0n) is 60.1. The summed E-state index contributed by atoms with van der Waals surface area (Å²) in [4.78, 5) is 51.6. The summed E-state index contributed by atoms with van der Waals surface area (Å²) in [5, 5.41) is 14.7. The van der Waals surface area contributed by atoms with Crippen molar-refractivity contribution in [3.05, 3.63) is 140 Å². The molecule has 9 heterocycles. The lowest BCUT2D eigenvalue weighted by atomic mass is 9.84. The maximum atomic E-state index is 13.2. The highest BCUT2D eigenvalue weighted by Crippen LogP contribution is 2.65. The first-order valence-electron chi connectivity index (χ1n) is 36.2. The monoisotopic (exact) mass is 1610 g/mol. The number of alkyl halides is 2. The van der Waals surface area contributed by atoms with Crippen LogP contribution in [0, 0.1) is 56.7 Å². The zero-order chi connectivity index (χ0) is 76.1. The largest absolute Gasteiger partial charge is 0.473 e. The number of nitrogens with one attached hydrogen (secondary N) is 4. The Hall–Kier alpha value is -7.00. The van der Waals surface area contributed by atoms with Crippen molar-refractivity contribution in [1.82, 2.24) is 44.4 Å². The number of amides is 1. The molecule has 6 bridgehead atoms. The van der Waals surface area contributed by atoms with Crippen molar-refractivity contribution in [3.63, 3.8) is 0 Å². The van der Waals surface area contributed by atoms with Crippen LogP contribution in [0.5, 0.6) is 17.6 Å². The molecule has 6 aliphatic heterocycles. The normalized spacial score (nSPS) is 25.2. The summed E-state index contributed by atoms with van der Waals surface area (Å²) >= 11 is 28.5. The molecule has 9 atom stereocenters. The standard InChI is InChI=1S/C26H30ClN5O3.C24H26ClN5O3S.C21H22ClN5O.C3H5ClO2S.CH2Cl2/c1-15-22(31-19-8-6-16(28-5)12-18(19)27)29-14-30-23(15)34-21-13-17-7-9-20(26(21)10-11-26)32(17)24(33)35-25(2,3)4;1-14-22(29-19-7-3-15(26-2)11-18(19)25)27-13-28-23(14)33-21-12-16-4-8-20(24(21)9-10-24)30(16)34(31,32)17-5-6-17;1-12-19(27-16-5-3-13(23-2)9-15(16)22)24-11-25-20(12)28-18-10-14-4-6-17(26-14)21(18)7-8-21;4-7(5,6)3-1-2-3;2-1-3/h6,8,12,14,17,20-21H,7,9-11,13H2,1-4H3,(H,29,30,31);3,7,11,13,16-17,20-21H,4-6,8-10,12H2,1H3,(H,27,28,29);3,5,9,11,14,17-18,26H,4,6-8,10H2,1H3,(H,24,25,27);3H,1-2H2;1H2. The van der Waals surface area contributed by atoms with Crippen LogP contribution in [0.25, 0.3) is 14.5 Å². The molecule has 32 heteroatoms. The summed E-state index contributed by atoms with van der Waals surface area (Å²) in [6, 6.07) is 16.8. The molecule has 3 aromatic heterocycles. The van der Waals surface area contributed by atoms with Crippen molar-refractivity contribution in [3.8, 4) is 17.6 Å². The lowest BCUT2D eigenvalue weighted by Crippen LogP contribution is -2.57. The Balaban J connectivity index is 0.000000133. The molecule has 6 aromatic rings. The topological polar surface area (TPSA) is 267 Å². The van der Waals surface area contributed by atoms with Gasteiger partial charge in [0, 0.05) is 82.4 Å². The third-order valence-corrected chi connectivity index (χ3v) is 28.1. The van der Waals surface area contributed by atoms with Crippen LogP contribution in [0.2, 0.25) is 15.1 Å². The van der Waals surface area contributed by atoms with E-state index < -0.39 is 24.7 Å². The number of aromatic nitrogens is 6. The molecule has 9 unspecified atom stereocenters. The summed E-state index contributed by atoms with van der Waals surface area (Å²) in [7, 11) is -1.45. The van der Waals surface area contributed by atoms with Gasteiger partial charge in [-0.2, -0.15) is 4.31 Å². The van der Waals surface area contributed by atoms with Gasteiger partial charge in [-0.25, -0.2) is 66.1 Å². The number of anilines is 6. The molecule has 1 amide bonds. The van der Waals surface area contributed by atoms with Crippen molar-refractivity contribution in [2.45, 2.75) is 234 Å². The van der Waals surface area contributed by atoms with Gasteiger partial charge < -0.3 is 45.1 Å². The second kappa shape index (κ2) is 31.4.